The fraction of sp³-hybridized carbons (Fsp3) is 0.167. The van der Waals surface area contributed by atoms with Crippen LogP contribution in [0.25, 0.3) is 0 Å². The molecule has 0 unspecified atom stereocenters. The lowest BCUT2D eigenvalue weighted by molar-refractivity contribution is -0.115. The van der Waals surface area contributed by atoms with E-state index < -0.39 is 11.1 Å². The van der Waals surface area contributed by atoms with Gasteiger partial charge < -0.3 is 15.9 Å². The standard InChI is InChI=1S/C18H17ClFN5O2S/c1-11(17(26)22-13-8-6-12(19)7-9-13)28-18-24-23-16(25(18)21)10-27-15-5-3-2-4-14(15)20/h2-9,11H,10,21H2,1H3,(H,22,26)/t11-/m1/s1. The van der Waals surface area contributed by atoms with Crippen LogP contribution in [0.5, 0.6) is 5.75 Å². The number of hydrogen-bond acceptors (Lipinski definition) is 6. The van der Waals surface area contributed by atoms with Crippen LogP contribution in [0.4, 0.5) is 10.1 Å². The van der Waals surface area contributed by atoms with E-state index in [9.17, 15) is 9.18 Å². The number of carbonyl (C=O) groups is 1. The number of nitrogens with zero attached hydrogens (tertiary/aromatic N) is 3. The average Bonchev–Trinajstić information content (AvgIpc) is 3.02. The Labute approximate surface area is 170 Å². The summed E-state index contributed by atoms with van der Waals surface area (Å²) in [7, 11) is 0. The van der Waals surface area contributed by atoms with Crippen molar-refractivity contribution in [3.8, 4) is 5.75 Å². The SMILES string of the molecule is C[C@@H](Sc1nnc(COc2ccccc2F)n1N)C(=O)Nc1ccc(Cl)cc1. The number of nitrogen functional groups attached to an aromatic ring is 1. The van der Waals surface area contributed by atoms with Gasteiger partial charge in [0, 0.05) is 10.7 Å². The summed E-state index contributed by atoms with van der Waals surface area (Å²) in [6.45, 7) is 1.66. The molecule has 0 radical (unpaired) electrons. The summed E-state index contributed by atoms with van der Waals surface area (Å²) in [5.41, 5.74) is 0.634. The van der Waals surface area contributed by atoms with Gasteiger partial charge in [0.05, 0.1) is 5.25 Å². The number of anilines is 1. The molecule has 10 heteroatoms. The molecular formula is C18H17ClFN5O2S. The molecule has 3 N–H and O–H groups in total. The Balaban J connectivity index is 1.59. The minimum atomic E-state index is -0.484. The normalized spacial score (nSPS) is 11.8. The molecule has 0 saturated heterocycles. The Morgan fingerprint density at radius 2 is 2.00 bits per heavy atom. The molecule has 0 aliphatic rings. The summed E-state index contributed by atoms with van der Waals surface area (Å²) < 4.78 is 20.2. The van der Waals surface area contributed by atoms with Crippen molar-refractivity contribution in [2.45, 2.75) is 23.9 Å². The van der Waals surface area contributed by atoms with Crippen molar-refractivity contribution in [3.63, 3.8) is 0 Å². The highest BCUT2D eigenvalue weighted by molar-refractivity contribution is 8.00. The molecule has 1 atom stereocenters. The first-order chi connectivity index (χ1) is 13.4. The van der Waals surface area contributed by atoms with Crippen LogP contribution in [-0.2, 0) is 11.4 Å². The minimum Gasteiger partial charge on any atom is -0.482 e. The maximum atomic E-state index is 13.6. The zero-order valence-electron chi connectivity index (χ0n) is 14.8. The zero-order chi connectivity index (χ0) is 20.1. The van der Waals surface area contributed by atoms with Gasteiger partial charge in [-0.1, -0.05) is 35.5 Å². The lowest BCUT2D eigenvalue weighted by Crippen LogP contribution is -2.24. The average molecular weight is 422 g/mol. The lowest BCUT2D eigenvalue weighted by Gasteiger charge is -2.12. The number of nitrogens with one attached hydrogen (secondary N) is 1. The van der Waals surface area contributed by atoms with Gasteiger partial charge in [0.1, 0.15) is 6.61 Å². The Bertz CT molecular complexity index is 967. The molecule has 146 valence electrons. The van der Waals surface area contributed by atoms with Gasteiger partial charge in [-0.2, -0.15) is 0 Å². The second-order valence-electron chi connectivity index (χ2n) is 5.74. The molecule has 1 aromatic heterocycles. The van der Waals surface area contributed by atoms with Crippen LogP contribution in [0.1, 0.15) is 12.7 Å². The molecule has 0 bridgehead atoms. The van der Waals surface area contributed by atoms with Crippen molar-refractivity contribution >= 4 is 35.0 Å². The van der Waals surface area contributed by atoms with Crippen molar-refractivity contribution in [1.82, 2.24) is 14.9 Å². The van der Waals surface area contributed by atoms with E-state index in [4.69, 9.17) is 22.2 Å². The van der Waals surface area contributed by atoms with E-state index in [-0.39, 0.29) is 18.3 Å². The van der Waals surface area contributed by atoms with Crippen LogP contribution in [0, 0.1) is 5.82 Å². The molecule has 0 fully saturated rings. The van der Waals surface area contributed by atoms with Gasteiger partial charge in [-0.25, -0.2) is 9.07 Å². The topological polar surface area (TPSA) is 95.1 Å². The molecule has 2 aromatic carbocycles. The van der Waals surface area contributed by atoms with Crippen LogP contribution in [0.15, 0.2) is 53.7 Å². The third kappa shape index (κ3) is 4.93. The van der Waals surface area contributed by atoms with Crippen LogP contribution in [-0.4, -0.2) is 26.0 Å². The molecule has 0 spiro atoms. The summed E-state index contributed by atoms with van der Waals surface area (Å²) in [6, 6.07) is 12.8. The number of hydrogen-bond donors (Lipinski definition) is 2. The number of nitrogens with two attached hydrogens (primary N) is 1. The van der Waals surface area contributed by atoms with E-state index in [1.165, 1.54) is 16.8 Å². The van der Waals surface area contributed by atoms with Crippen molar-refractivity contribution in [3.05, 3.63) is 65.2 Å². The number of ether oxygens (including phenoxy) is 1. The fourth-order valence-corrected chi connectivity index (χ4v) is 3.09. The van der Waals surface area contributed by atoms with Gasteiger partial charge in [0.25, 0.3) is 0 Å². The molecule has 3 rings (SSSR count). The smallest absolute Gasteiger partial charge is 0.237 e. The van der Waals surface area contributed by atoms with E-state index in [1.807, 2.05) is 0 Å². The first-order valence-electron chi connectivity index (χ1n) is 8.24. The number of thioether (sulfide) groups is 1. The third-order valence-electron chi connectivity index (χ3n) is 3.69. The molecule has 28 heavy (non-hydrogen) atoms. The predicted molar refractivity (Wildman–Crippen MR) is 106 cm³/mol. The third-order valence-corrected chi connectivity index (χ3v) is 5.00. The largest absolute Gasteiger partial charge is 0.482 e. The molecule has 7 nitrogen and oxygen atoms in total. The zero-order valence-corrected chi connectivity index (χ0v) is 16.4. The van der Waals surface area contributed by atoms with Gasteiger partial charge in [-0.15, -0.1) is 10.2 Å². The van der Waals surface area contributed by atoms with Crippen molar-refractivity contribution in [2.75, 3.05) is 11.2 Å². The Morgan fingerprint density at radius 1 is 1.29 bits per heavy atom. The number of benzene rings is 2. The first-order valence-corrected chi connectivity index (χ1v) is 9.49. The highest BCUT2D eigenvalue weighted by Crippen LogP contribution is 2.23. The quantitative estimate of drug-likeness (QED) is 0.448. The highest BCUT2D eigenvalue weighted by Gasteiger charge is 2.20. The molecule has 0 aliphatic heterocycles. The van der Waals surface area contributed by atoms with Crippen LogP contribution >= 0.6 is 23.4 Å². The van der Waals surface area contributed by atoms with Crippen molar-refractivity contribution in [1.29, 1.82) is 0 Å². The van der Waals surface area contributed by atoms with E-state index in [0.717, 1.165) is 11.8 Å². The van der Waals surface area contributed by atoms with Gasteiger partial charge in [0.15, 0.2) is 17.4 Å². The maximum absolute atomic E-state index is 13.6. The molecule has 1 heterocycles. The van der Waals surface area contributed by atoms with Crippen LogP contribution in [0.2, 0.25) is 5.02 Å². The number of carbonyl (C=O) groups excluding carboxylic acids is 1. The maximum Gasteiger partial charge on any atom is 0.237 e. The lowest BCUT2D eigenvalue weighted by atomic mass is 10.3. The number of amides is 1. The van der Waals surface area contributed by atoms with E-state index >= 15 is 0 Å². The second-order valence-corrected chi connectivity index (χ2v) is 7.49. The van der Waals surface area contributed by atoms with Gasteiger partial charge in [-0.05, 0) is 43.3 Å². The summed E-state index contributed by atoms with van der Waals surface area (Å²) in [6.07, 6.45) is 0. The Morgan fingerprint density at radius 3 is 2.71 bits per heavy atom. The summed E-state index contributed by atoms with van der Waals surface area (Å²) >= 11 is 6.97. The first kappa shape index (κ1) is 20.0. The highest BCUT2D eigenvalue weighted by atomic mass is 35.5. The summed E-state index contributed by atoms with van der Waals surface area (Å²) in [5.74, 6) is 5.67. The second kappa shape index (κ2) is 8.94. The summed E-state index contributed by atoms with van der Waals surface area (Å²) in [4.78, 5) is 12.3. The van der Waals surface area contributed by atoms with Gasteiger partial charge >= 0.3 is 0 Å². The van der Waals surface area contributed by atoms with E-state index in [0.29, 0.717) is 21.7 Å². The minimum absolute atomic E-state index is 0.0592. The van der Waals surface area contributed by atoms with E-state index in [2.05, 4.69) is 15.5 Å². The summed E-state index contributed by atoms with van der Waals surface area (Å²) in [5, 5.41) is 11.1. The van der Waals surface area contributed by atoms with Crippen LogP contribution in [0.3, 0.4) is 0 Å². The van der Waals surface area contributed by atoms with Gasteiger partial charge in [-0.3, -0.25) is 4.79 Å². The number of rotatable bonds is 7. The van der Waals surface area contributed by atoms with Crippen LogP contribution < -0.4 is 15.9 Å². The predicted octanol–water partition coefficient (Wildman–Crippen LogP) is 3.48. The number of para-hydroxylation sites is 1. The molecule has 0 aliphatic carbocycles. The molecule has 0 saturated carbocycles. The van der Waals surface area contributed by atoms with Crippen molar-refractivity contribution in [2.24, 2.45) is 0 Å². The van der Waals surface area contributed by atoms with Gasteiger partial charge in [0.2, 0.25) is 11.1 Å². The Hall–Kier alpha value is -2.78. The molecular weight excluding hydrogens is 405 g/mol. The van der Waals surface area contributed by atoms with Crippen molar-refractivity contribution < 1.29 is 13.9 Å². The Kier molecular flexibility index (Phi) is 6.37. The molecule has 3 aromatic rings. The number of halogens is 2. The molecule has 1 amide bonds. The van der Waals surface area contributed by atoms with E-state index in [1.54, 1.807) is 43.3 Å². The monoisotopic (exact) mass is 421 g/mol. The fourth-order valence-electron chi connectivity index (χ4n) is 2.18. The number of aromatic nitrogens is 3.